The molecule has 0 aromatic heterocycles. The third-order valence-corrected chi connectivity index (χ3v) is 7.61. The van der Waals surface area contributed by atoms with E-state index in [2.05, 4.69) is 21.2 Å². The highest BCUT2D eigenvalue weighted by molar-refractivity contribution is 9.10. The maximum Gasteiger partial charge on any atom is 0.243 e. The Balaban J connectivity index is 1.81. The zero-order valence-electron chi connectivity index (χ0n) is 17.0. The van der Waals surface area contributed by atoms with Gasteiger partial charge in [0.2, 0.25) is 15.9 Å². The summed E-state index contributed by atoms with van der Waals surface area (Å²) < 4.78 is 34.4. The Morgan fingerprint density at radius 3 is 2.67 bits per heavy atom. The number of carbonyl (C=O) groups is 1. The predicted molar refractivity (Wildman–Crippen MR) is 120 cm³/mol. The topological polar surface area (TPSA) is 75.7 Å². The van der Waals surface area contributed by atoms with E-state index in [0.29, 0.717) is 32.7 Å². The zero-order valence-corrected chi connectivity index (χ0v) is 19.4. The second kappa shape index (κ2) is 10.5. The molecule has 1 atom stereocenters. The fraction of sp³-hybridized carbons (Fsp3) is 0.409. The number of carbonyl (C=O) groups excluding carboxylic acids is 1. The summed E-state index contributed by atoms with van der Waals surface area (Å²) >= 11 is 3.34. The van der Waals surface area contributed by atoms with Gasteiger partial charge < -0.3 is 10.1 Å². The van der Waals surface area contributed by atoms with Gasteiger partial charge in [0, 0.05) is 37.2 Å². The number of rotatable bonds is 9. The van der Waals surface area contributed by atoms with E-state index >= 15 is 0 Å². The summed E-state index contributed by atoms with van der Waals surface area (Å²) in [4.78, 5) is 12.9. The van der Waals surface area contributed by atoms with E-state index in [1.165, 1.54) is 4.31 Å². The lowest BCUT2D eigenvalue weighted by Crippen LogP contribution is -2.42. The summed E-state index contributed by atoms with van der Waals surface area (Å²) in [7, 11) is -3.74. The molecule has 1 amide bonds. The summed E-state index contributed by atoms with van der Waals surface area (Å²) in [5, 5.41) is 2.89. The minimum Gasteiger partial charge on any atom is -0.382 e. The van der Waals surface area contributed by atoms with Crippen LogP contribution < -0.4 is 5.32 Å². The fourth-order valence-corrected chi connectivity index (χ4v) is 5.53. The van der Waals surface area contributed by atoms with Crippen molar-refractivity contribution in [1.29, 1.82) is 0 Å². The van der Waals surface area contributed by atoms with Crippen molar-refractivity contribution in [1.82, 2.24) is 9.62 Å². The number of nitrogens with one attached hydrogen (secondary N) is 1. The monoisotopic (exact) mass is 494 g/mol. The van der Waals surface area contributed by atoms with Gasteiger partial charge in [-0.1, -0.05) is 40.2 Å². The average molecular weight is 495 g/mol. The molecule has 2 aromatic rings. The molecule has 0 aliphatic carbocycles. The van der Waals surface area contributed by atoms with Gasteiger partial charge in [0.1, 0.15) is 0 Å². The first kappa shape index (κ1) is 22.9. The van der Waals surface area contributed by atoms with Crippen LogP contribution in [0.5, 0.6) is 0 Å². The van der Waals surface area contributed by atoms with E-state index in [0.717, 1.165) is 22.0 Å². The van der Waals surface area contributed by atoms with Gasteiger partial charge in [0.15, 0.2) is 0 Å². The van der Waals surface area contributed by atoms with Gasteiger partial charge >= 0.3 is 0 Å². The van der Waals surface area contributed by atoms with Crippen molar-refractivity contribution in [2.75, 3.05) is 26.3 Å². The number of hydrogen-bond donors (Lipinski definition) is 1. The van der Waals surface area contributed by atoms with Gasteiger partial charge in [-0.05, 0) is 55.2 Å². The highest BCUT2D eigenvalue weighted by atomic mass is 79.9. The van der Waals surface area contributed by atoms with Crippen LogP contribution in [-0.2, 0) is 26.0 Å². The van der Waals surface area contributed by atoms with Crippen LogP contribution in [-0.4, -0.2) is 44.9 Å². The third-order valence-electron chi connectivity index (χ3n) is 5.15. The van der Waals surface area contributed by atoms with Crippen molar-refractivity contribution >= 4 is 31.9 Å². The third kappa shape index (κ3) is 5.49. The number of halogens is 1. The standard InChI is InChI=1S/C22H27BrN2O4S/c1-2-29-15-5-13-24-22(26)16-21-20-7-4-3-6-17(20)12-14-25(21)30(27,28)19-10-8-18(23)9-11-19/h3-4,6-11,21H,2,5,12-16H2,1H3,(H,24,26)/t21-/m1/s1. The molecule has 1 aliphatic heterocycles. The average Bonchev–Trinajstić information content (AvgIpc) is 2.74. The number of sulfonamides is 1. The molecule has 2 aromatic carbocycles. The Kier molecular flexibility index (Phi) is 8.05. The number of ether oxygens (including phenoxy) is 1. The highest BCUT2D eigenvalue weighted by Crippen LogP contribution is 2.36. The van der Waals surface area contributed by atoms with Crippen LogP contribution in [0.15, 0.2) is 57.9 Å². The molecule has 0 unspecified atom stereocenters. The van der Waals surface area contributed by atoms with Gasteiger partial charge in [-0.3, -0.25) is 4.79 Å². The predicted octanol–water partition coefficient (Wildman–Crippen LogP) is 3.67. The molecule has 162 valence electrons. The maximum atomic E-state index is 13.4. The van der Waals surface area contributed by atoms with Gasteiger partial charge in [0.25, 0.3) is 0 Å². The molecule has 8 heteroatoms. The lowest BCUT2D eigenvalue weighted by Gasteiger charge is -2.36. The molecule has 1 aliphatic rings. The number of amides is 1. The largest absolute Gasteiger partial charge is 0.382 e. The second-order valence-corrected chi connectivity index (χ2v) is 9.95. The quantitative estimate of drug-likeness (QED) is 0.539. The normalized spacial score (nSPS) is 16.8. The van der Waals surface area contributed by atoms with Gasteiger partial charge in [-0.15, -0.1) is 0 Å². The minimum absolute atomic E-state index is 0.0847. The molecule has 30 heavy (non-hydrogen) atoms. The number of hydrogen-bond acceptors (Lipinski definition) is 4. The van der Waals surface area contributed by atoms with Crippen molar-refractivity contribution in [3.8, 4) is 0 Å². The number of nitrogens with zero attached hydrogens (tertiary/aromatic N) is 1. The zero-order chi connectivity index (χ0) is 21.6. The molecule has 1 heterocycles. The minimum atomic E-state index is -3.74. The molecular weight excluding hydrogens is 468 g/mol. The smallest absolute Gasteiger partial charge is 0.243 e. The molecule has 0 fully saturated rings. The van der Waals surface area contributed by atoms with Gasteiger partial charge in [-0.25, -0.2) is 8.42 Å². The van der Waals surface area contributed by atoms with Crippen molar-refractivity contribution in [2.45, 2.75) is 37.1 Å². The molecule has 1 N–H and O–H groups in total. The summed E-state index contributed by atoms with van der Waals surface area (Å²) in [5.41, 5.74) is 1.99. The van der Waals surface area contributed by atoms with E-state index in [1.807, 2.05) is 31.2 Å². The lowest BCUT2D eigenvalue weighted by atomic mass is 9.92. The number of fused-ring (bicyclic) bond motifs is 1. The SMILES string of the molecule is CCOCCCNC(=O)C[C@@H]1c2ccccc2CCN1S(=O)(=O)c1ccc(Br)cc1. The van der Waals surface area contributed by atoms with Crippen molar-refractivity contribution in [2.24, 2.45) is 0 Å². The molecule has 0 spiro atoms. The van der Waals surface area contributed by atoms with Crippen LogP contribution in [0.4, 0.5) is 0 Å². The van der Waals surface area contributed by atoms with E-state index in [9.17, 15) is 13.2 Å². The Bertz CT molecular complexity index is 963. The Labute approximate surface area is 186 Å². The van der Waals surface area contributed by atoms with Crippen LogP contribution in [0, 0.1) is 0 Å². The molecule has 6 nitrogen and oxygen atoms in total. The van der Waals surface area contributed by atoms with Crippen molar-refractivity contribution < 1.29 is 17.9 Å². The molecular formula is C22H27BrN2O4S. The Morgan fingerprint density at radius 2 is 1.93 bits per heavy atom. The first-order valence-corrected chi connectivity index (χ1v) is 12.4. The second-order valence-electron chi connectivity index (χ2n) is 7.14. The molecule has 0 saturated heterocycles. The Hall–Kier alpha value is -1.74. The summed E-state index contributed by atoms with van der Waals surface area (Å²) in [6.07, 6.45) is 1.43. The Morgan fingerprint density at radius 1 is 1.20 bits per heavy atom. The van der Waals surface area contributed by atoms with Crippen molar-refractivity contribution in [3.63, 3.8) is 0 Å². The van der Waals surface area contributed by atoms with Crippen LogP contribution >= 0.6 is 15.9 Å². The first-order chi connectivity index (χ1) is 14.4. The summed E-state index contributed by atoms with van der Waals surface area (Å²) in [5.74, 6) is -0.163. The van der Waals surface area contributed by atoms with Crippen LogP contribution in [0.25, 0.3) is 0 Å². The molecule has 3 rings (SSSR count). The van der Waals surface area contributed by atoms with E-state index < -0.39 is 16.1 Å². The van der Waals surface area contributed by atoms with Gasteiger partial charge in [0.05, 0.1) is 10.9 Å². The fourth-order valence-electron chi connectivity index (χ4n) is 3.66. The number of benzene rings is 2. The van der Waals surface area contributed by atoms with Gasteiger partial charge in [-0.2, -0.15) is 4.31 Å². The maximum absolute atomic E-state index is 13.4. The summed E-state index contributed by atoms with van der Waals surface area (Å²) in [6, 6.07) is 13.8. The molecule has 0 saturated carbocycles. The first-order valence-electron chi connectivity index (χ1n) is 10.1. The highest BCUT2D eigenvalue weighted by Gasteiger charge is 2.37. The lowest BCUT2D eigenvalue weighted by molar-refractivity contribution is -0.122. The van der Waals surface area contributed by atoms with E-state index in [4.69, 9.17) is 4.74 Å². The van der Waals surface area contributed by atoms with E-state index in [1.54, 1.807) is 24.3 Å². The van der Waals surface area contributed by atoms with E-state index in [-0.39, 0.29) is 17.2 Å². The van der Waals surface area contributed by atoms with Crippen LogP contribution in [0.3, 0.4) is 0 Å². The van der Waals surface area contributed by atoms with Crippen molar-refractivity contribution in [3.05, 3.63) is 64.1 Å². The summed E-state index contributed by atoms with van der Waals surface area (Å²) in [6.45, 7) is 4.02. The molecule has 0 bridgehead atoms. The molecule has 0 radical (unpaired) electrons. The van der Waals surface area contributed by atoms with Crippen LogP contribution in [0.1, 0.15) is 36.9 Å². The van der Waals surface area contributed by atoms with Crippen LogP contribution in [0.2, 0.25) is 0 Å².